The molecule has 0 saturated carbocycles. The molecule has 0 aromatic carbocycles. The maximum absolute atomic E-state index is 5.10. The largest absolute Gasteiger partial charge is 0.239 e. The minimum absolute atomic E-state index is 0.312. The smallest absolute Gasteiger partial charge is 0.0834 e. The molecule has 0 aromatic rings. The first kappa shape index (κ1) is 6.60. The summed E-state index contributed by atoms with van der Waals surface area (Å²) in [6, 6.07) is 0. The minimum Gasteiger partial charge on any atom is -0.0834 e. The topological polar surface area (TPSA) is 0 Å². The molecule has 1 aliphatic rings. The Morgan fingerprint density at radius 3 is 2.75 bits per heavy atom. The van der Waals surface area contributed by atoms with E-state index in [1.807, 2.05) is 6.08 Å². The van der Waals surface area contributed by atoms with E-state index in [0.29, 0.717) is 0 Å². The second-order valence-corrected chi connectivity index (χ2v) is 4.72. The Bertz CT molecular complexity index is 171. The third-order valence-corrected chi connectivity index (χ3v) is 4.35. The Kier molecular flexibility index (Phi) is 2.36. The van der Waals surface area contributed by atoms with Gasteiger partial charge in [0.15, 0.2) is 17.1 Å². The Hall–Kier alpha value is 0.480. The number of hydrogen-bond donors (Lipinski definition) is 0. The summed E-state index contributed by atoms with van der Waals surface area (Å²) >= 11 is 8.46. The number of allylic oxidation sites excluding steroid dienone is 3. The predicted octanol–water partition coefficient (Wildman–Crippen LogP) is 2.74. The van der Waals surface area contributed by atoms with Gasteiger partial charge in [0, 0.05) is 0 Å². The average Bonchev–Trinajstić information content (AvgIpc) is 2.14. The van der Waals surface area contributed by atoms with Crippen LogP contribution >= 0.6 is 22.6 Å². The highest BCUT2D eigenvalue weighted by Crippen LogP contribution is 2.39. The molecule has 42 valence electrons. The second kappa shape index (κ2) is 2.86. The molecule has 1 rings (SSSR count). The fourth-order valence-corrected chi connectivity index (χ4v) is 3.37. The van der Waals surface area contributed by atoms with Crippen LogP contribution in [0.2, 0.25) is 0 Å². The number of hydrogen-bond acceptors (Lipinski definition) is 1. The highest BCUT2D eigenvalue weighted by Gasteiger charge is 2.15. The molecule has 0 saturated heterocycles. The molecule has 1 unspecified atom stereocenters. The van der Waals surface area contributed by atoms with Gasteiger partial charge in [-0.25, -0.2) is 0 Å². The molecule has 0 radical (unpaired) electrons. The van der Waals surface area contributed by atoms with Crippen molar-refractivity contribution in [1.82, 2.24) is 0 Å². The van der Waals surface area contributed by atoms with Gasteiger partial charge in [0.1, 0.15) is 5.82 Å². The van der Waals surface area contributed by atoms with Crippen LogP contribution in [0.5, 0.6) is 0 Å². The highest BCUT2D eigenvalue weighted by atomic mass is 79.9. The van der Waals surface area contributed by atoms with E-state index in [-0.39, 0.29) is 6.70 Å². The first-order chi connectivity index (χ1) is 3.84. The zero-order chi connectivity index (χ0) is 5.98. The van der Waals surface area contributed by atoms with Crippen LogP contribution < -0.4 is 0 Å². The highest BCUT2D eigenvalue weighted by molar-refractivity contribution is 9.09. The third kappa shape index (κ3) is 1.25. The Morgan fingerprint density at radius 1 is 1.75 bits per heavy atom. The quantitative estimate of drug-likeness (QED) is 0.471. The maximum Gasteiger partial charge on any atom is 0.239 e. The van der Waals surface area contributed by atoms with Crippen molar-refractivity contribution in [2.75, 3.05) is 5.33 Å². The molecule has 0 nitrogen and oxygen atoms in total. The zero-order valence-electron chi connectivity index (χ0n) is 4.17. The summed E-state index contributed by atoms with van der Waals surface area (Å²) in [6.45, 7) is -0.312. The molecule has 0 bridgehead atoms. The fourth-order valence-electron chi connectivity index (χ4n) is 0.505. The molecule has 0 amide bonds. The van der Waals surface area contributed by atoms with Crippen LogP contribution in [0.25, 0.3) is 0 Å². The van der Waals surface area contributed by atoms with Gasteiger partial charge < -0.3 is 0 Å². The van der Waals surface area contributed by atoms with E-state index in [0.717, 1.165) is 5.33 Å². The standard InChI is InChI=1S/C5H5BrPS/c6-4-5-2-1-3-7(5)8/h1-3H,4H2/q+1. The molecule has 8 heavy (non-hydrogen) atoms. The van der Waals surface area contributed by atoms with Crippen LogP contribution in [0, 0.1) is 0 Å². The minimum atomic E-state index is -0.312. The van der Waals surface area contributed by atoms with Gasteiger partial charge in [0.05, 0.1) is 5.33 Å². The summed E-state index contributed by atoms with van der Waals surface area (Å²) in [4.78, 5) is 0. The van der Waals surface area contributed by atoms with Crippen molar-refractivity contribution in [3.63, 3.8) is 0 Å². The molecule has 0 aromatic heterocycles. The van der Waals surface area contributed by atoms with Gasteiger partial charge in [-0.15, -0.1) is 0 Å². The van der Waals surface area contributed by atoms with E-state index in [1.165, 1.54) is 5.31 Å². The van der Waals surface area contributed by atoms with Crippen molar-refractivity contribution in [3.05, 3.63) is 23.3 Å². The molecular formula is C5H5BrPS+. The number of alkyl halides is 1. The van der Waals surface area contributed by atoms with Crippen LogP contribution in [0.4, 0.5) is 0 Å². The van der Waals surface area contributed by atoms with Gasteiger partial charge in [0.25, 0.3) is 0 Å². The molecule has 0 spiro atoms. The predicted molar refractivity (Wildman–Crippen MR) is 45.3 cm³/mol. The van der Waals surface area contributed by atoms with Crippen molar-refractivity contribution >= 4 is 34.4 Å². The van der Waals surface area contributed by atoms with Crippen molar-refractivity contribution < 1.29 is 0 Å². The average molecular weight is 208 g/mol. The summed E-state index contributed by atoms with van der Waals surface area (Å²) in [5.74, 6) is 2.08. The Labute approximate surface area is 63.2 Å². The van der Waals surface area contributed by atoms with Crippen LogP contribution in [0.3, 0.4) is 0 Å². The SMILES string of the molecule is S=[P+]1C=CC=C1CBr. The van der Waals surface area contributed by atoms with Crippen molar-refractivity contribution in [2.45, 2.75) is 0 Å². The van der Waals surface area contributed by atoms with E-state index < -0.39 is 0 Å². The first-order valence-electron chi connectivity index (χ1n) is 2.24. The van der Waals surface area contributed by atoms with Gasteiger partial charge in [-0.2, -0.15) is 0 Å². The lowest BCUT2D eigenvalue weighted by atomic mass is 10.5. The lowest BCUT2D eigenvalue weighted by Crippen LogP contribution is -1.67. The van der Waals surface area contributed by atoms with E-state index in [1.54, 1.807) is 0 Å². The molecule has 1 aliphatic heterocycles. The van der Waals surface area contributed by atoms with Crippen molar-refractivity contribution in [2.24, 2.45) is 0 Å². The number of halogens is 1. The fraction of sp³-hybridized carbons (Fsp3) is 0.200. The van der Waals surface area contributed by atoms with Crippen LogP contribution in [0.1, 0.15) is 0 Å². The second-order valence-electron chi connectivity index (χ2n) is 1.46. The molecule has 3 heteroatoms. The summed E-state index contributed by atoms with van der Waals surface area (Å²) in [5.41, 5.74) is 0. The van der Waals surface area contributed by atoms with E-state index in [9.17, 15) is 0 Å². The summed E-state index contributed by atoms with van der Waals surface area (Å²) in [6.07, 6.45) is 4.13. The summed E-state index contributed by atoms with van der Waals surface area (Å²) < 4.78 is 0. The summed E-state index contributed by atoms with van der Waals surface area (Å²) in [7, 11) is 0. The molecule has 0 N–H and O–H groups in total. The lowest BCUT2D eigenvalue weighted by molar-refractivity contribution is 1.75. The Morgan fingerprint density at radius 2 is 2.50 bits per heavy atom. The summed E-state index contributed by atoms with van der Waals surface area (Å²) in [5, 5.41) is 2.30. The van der Waals surface area contributed by atoms with Crippen molar-refractivity contribution in [1.29, 1.82) is 0 Å². The van der Waals surface area contributed by atoms with Gasteiger partial charge in [-0.05, 0) is 12.2 Å². The van der Waals surface area contributed by atoms with E-state index >= 15 is 0 Å². The molecule has 1 atom stereocenters. The van der Waals surface area contributed by atoms with E-state index in [2.05, 4.69) is 27.8 Å². The van der Waals surface area contributed by atoms with Crippen LogP contribution in [0.15, 0.2) is 23.3 Å². The molecule has 1 heterocycles. The lowest BCUT2D eigenvalue weighted by Gasteiger charge is -1.77. The number of rotatable bonds is 1. The Balaban J connectivity index is 2.73. The van der Waals surface area contributed by atoms with E-state index in [4.69, 9.17) is 11.8 Å². The zero-order valence-corrected chi connectivity index (χ0v) is 7.47. The van der Waals surface area contributed by atoms with Gasteiger partial charge in [-0.1, -0.05) is 15.9 Å². The van der Waals surface area contributed by atoms with Gasteiger partial charge >= 0.3 is 0 Å². The normalized spacial score (nSPS) is 21.6. The molecule has 0 aliphatic carbocycles. The first-order valence-corrected chi connectivity index (χ1v) is 5.79. The maximum atomic E-state index is 5.10. The molecular weight excluding hydrogens is 203 g/mol. The van der Waals surface area contributed by atoms with Crippen LogP contribution in [-0.4, -0.2) is 5.33 Å². The van der Waals surface area contributed by atoms with Gasteiger partial charge in [0.2, 0.25) is 6.70 Å². The molecule has 0 fully saturated rings. The third-order valence-electron chi connectivity index (χ3n) is 0.930. The monoisotopic (exact) mass is 207 g/mol. The van der Waals surface area contributed by atoms with Gasteiger partial charge in [-0.3, -0.25) is 0 Å². The van der Waals surface area contributed by atoms with Crippen molar-refractivity contribution in [3.8, 4) is 0 Å². The van der Waals surface area contributed by atoms with Crippen LogP contribution in [-0.2, 0) is 11.8 Å².